The number of anilines is 1. The third kappa shape index (κ3) is 7.45. The Hall–Kier alpha value is -3.07. The second-order valence-electron chi connectivity index (χ2n) is 8.86. The summed E-state index contributed by atoms with van der Waals surface area (Å²) in [5, 5.41) is 2.92. The summed E-state index contributed by atoms with van der Waals surface area (Å²) < 4.78 is 31.9. The van der Waals surface area contributed by atoms with Crippen LogP contribution in [0, 0.1) is 13.8 Å². The van der Waals surface area contributed by atoms with Gasteiger partial charge in [-0.05, 0) is 69.0 Å². The number of hydrogen-bond donors (Lipinski definition) is 1. The number of carbonyl (C=O) groups excluding carboxylic acids is 2. The number of carbonyl (C=O) groups is 2. The van der Waals surface area contributed by atoms with Crippen molar-refractivity contribution in [2.45, 2.75) is 59.7 Å². The van der Waals surface area contributed by atoms with Crippen molar-refractivity contribution < 1.29 is 22.7 Å². The molecule has 0 fully saturated rings. The van der Waals surface area contributed by atoms with E-state index < -0.39 is 28.5 Å². The fourth-order valence-corrected chi connectivity index (χ4v) is 4.52. The fourth-order valence-electron chi connectivity index (χ4n) is 3.62. The highest BCUT2D eigenvalue weighted by Crippen LogP contribution is 2.25. The van der Waals surface area contributed by atoms with Gasteiger partial charge in [-0.1, -0.05) is 31.2 Å². The molecule has 0 aromatic heterocycles. The van der Waals surface area contributed by atoms with Gasteiger partial charge in [0.15, 0.2) is 0 Å². The van der Waals surface area contributed by atoms with E-state index in [9.17, 15) is 18.0 Å². The van der Waals surface area contributed by atoms with Crippen LogP contribution in [0.15, 0.2) is 42.5 Å². The van der Waals surface area contributed by atoms with Gasteiger partial charge in [0.2, 0.25) is 21.8 Å². The van der Waals surface area contributed by atoms with Gasteiger partial charge in [0.1, 0.15) is 18.3 Å². The molecule has 0 radical (unpaired) electrons. The summed E-state index contributed by atoms with van der Waals surface area (Å²) in [5.74, 6) is -0.154. The summed E-state index contributed by atoms with van der Waals surface area (Å²) in [6.07, 6.45) is 1.82. The van der Waals surface area contributed by atoms with E-state index in [-0.39, 0.29) is 18.5 Å². The van der Waals surface area contributed by atoms with Crippen molar-refractivity contribution in [2.24, 2.45) is 0 Å². The standard InChI is InChI=1S/C26H37N3O5S/c1-8-19(3)27-26(31)21(5)28(16-22-12-10-13-23(15-22)34-6)25(30)17-29(35(7,32)33)24-14-9-11-18(2)20(24)4/h9-15,19,21H,8,16-17H2,1-7H3,(H,27,31)/t19-,21+/m0/s1. The van der Waals surface area contributed by atoms with Crippen molar-refractivity contribution in [3.05, 3.63) is 59.2 Å². The fraction of sp³-hybridized carbons (Fsp3) is 0.462. The zero-order valence-electron chi connectivity index (χ0n) is 21.7. The minimum Gasteiger partial charge on any atom is -0.497 e. The molecule has 35 heavy (non-hydrogen) atoms. The number of methoxy groups -OCH3 is 1. The maximum absolute atomic E-state index is 13.6. The molecule has 0 aliphatic rings. The molecule has 2 aromatic carbocycles. The average Bonchev–Trinajstić information content (AvgIpc) is 2.81. The SMILES string of the molecule is CC[C@H](C)NC(=O)[C@@H](C)N(Cc1cccc(OC)c1)C(=O)CN(c1cccc(C)c1C)S(C)(=O)=O. The Morgan fingerprint density at radius 3 is 2.34 bits per heavy atom. The van der Waals surface area contributed by atoms with E-state index in [2.05, 4.69) is 5.32 Å². The average molecular weight is 504 g/mol. The summed E-state index contributed by atoms with van der Waals surface area (Å²) >= 11 is 0. The number of amides is 2. The zero-order chi connectivity index (χ0) is 26.3. The van der Waals surface area contributed by atoms with Crippen LogP contribution in [-0.4, -0.2) is 57.1 Å². The number of nitrogens with one attached hydrogen (secondary N) is 1. The van der Waals surface area contributed by atoms with E-state index in [0.717, 1.165) is 33.7 Å². The molecule has 192 valence electrons. The lowest BCUT2D eigenvalue weighted by atomic mass is 10.1. The second kappa shape index (κ2) is 12.1. The Morgan fingerprint density at radius 2 is 1.74 bits per heavy atom. The van der Waals surface area contributed by atoms with Crippen LogP contribution in [0.3, 0.4) is 0 Å². The number of sulfonamides is 1. The van der Waals surface area contributed by atoms with Gasteiger partial charge < -0.3 is 15.0 Å². The maximum atomic E-state index is 13.6. The van der Waals surface area contributed by atoms with Gasteiger partial charge in [-0.15, -0.1) is 0 Å². The van der Waals surface area contributed by atoms with Crippen molar-refractivity contribution in [1.82, 2.24) is 10.2 Å². The first-order chi connectivity index (χ1) is 16.4. The van der Waals surface area contributed by atoms with Crippen molar-refractivity contribution in [2.75, 3.05) is 24.2 Å². The molecular formula is C26H37N3O5S. The highest BCUT2D eigenvalue weighted by molar-refractivity contribution is 7.92. The molecule has 0 bridgehead atoms. The highest BCUT2D eigenvalue weighted by Gasteiger charge is 2.31. The first-order valence-electron chi connectivity index (χ1n) is 11.7. The summed E-state index contributed by atoms with van der Waals surface area (Å²) in [6, 6.07) is 11.7. The predicted molar refractivity (Wildman–Crippen MR) is 139 cm³/mol. The Bertz CT molecular complexity index is 1150. The second-order valence-corrected chi connectivity index (χ2v) is 10.8. The summed E-state index contributed by atoms with van der Waals surface area (Å²) in [7, 11) is -2.22. The Kier molecular flexibility index (Phi) is 9.71. The third-order valence-corrected chi connectivity index (χ3v) is 7.31. The molecular weight excluding hydrogens is 466 g/mol. The van der Waals surface area contributed by atoms with Gasteiger partial charge in [0.25, 0.3) is 0 Å². The van der Waals surface area contributed by atoms with Crippen molar-refractivity contribution in [1.29, 1.82) is 0 Å². The molecule has 0 saturated heterocycles. The molecule has 0 spiro atoms. The van der Waals surface area contributed by atoms with Gasteiger partial charge in [-0.3, -0.25) is 13.9 Å². The Labute approximate surface area is 209 Å². The van der Waals surface area contributed by atoms with Crippen LogP contribution in [0.2, 0.25) is 0 Å². The van der Waals surface area contributed by atoms with E-state index in [1.54, 1.807) is 44.4 Å². The first-order valence-corrected chi connectivity index (χ1v) is 13.5. The van der Waals surface area contributed by atoms with E-state index in [4.69, 9.17) is 4.74 Å². The minimum absolute atomic E-state index is 0.0545. The largest absolute Gasteiger partial charge is 0.497 e. The van der Waals surface area contributed by atoms with Crippen LogP contribution in [0.4, 0.5) is 5.69 Å². The van der Waals surface area contributed by atoms with Crippen LogP contribution in [0.1, 0.15) is 43.9 Å². The molecule has 9 heteroatoms. The topological polar surface area (TPSA) is 96.0 Å². The molecule has 0 aliphatic carbocycles. The molecule has 0 unspecified atom stereocenters. The maximum Gasteiger partial charge on any atom is 0.244 e. The van der Waals surface area contributed by atoms with Crippen LogP contribution in [0.25, 0.3) is 0 Å². The summed E-state index contributed by atoms with van der Waals surface area (Å²) in [4.78, 5) is 28.0. The first kappa shape index (κ1) is 28.2. The number of benzene rings is 2. The molecule has 1 N–H and O–H groups in total. The lowest BCUT2D eigenvalue weighted by molar-refractivity contribution is -0.139. The van der Waals surface area contributed by atoms with E-state index in [1.165, 1.54) is 4.90 Å². The lowest BCUT2D eigenvalue weighted by Crippen LogP contribution is -2.52. The molecule has 2 aromatic rings. The Balaban J connectivity index is 2.45. The normalized spacial score (nSPS) is 13.0. The lowest BCUT2D eigenvalue weighted by Gasteiger charge is -2.32. The molecule has 0 saturated carbocycles. The monoisotopic (exact) mass is 503 g/mol. The number of rotatable bonds is 11. The number of ether oxygens (including phenoxy) is 1. The van der Waals surface area contributed by atoms with Gasteiger partial charge in [-0.25, -0.2) is 8.42 Å². The van der Waals surface area contributed by atoms with Gasteiger partial charge >= 0.3 is 0 Å². The van der Waals surface area contributed by atoms with Crippen LogP contribution in [0.5, 0.6) is 5.75 Å². The smallest absolute Gasteiger partial charge is 0.244 e. The number of nitrogens with zero attached hydrogens (tertiary/aromatic N) is 2. The quantitative estimate of drug-likeness (QED) is 0.507. The van der Waals surface area contributed by atoms with Crippen molar-refractivity contribution in [3.63, 3.8) is 0 Å². The Morgan fingerprint density at radius 1 is 1.09 bits per heavy atom. The highest BCUT2D eigenvalue weighted by atomic mass is 32.2. The van der Waals surface area contributed by atoms with Crippen LogP contribution in [-0.2, 0) is 26.2 Å². The molecule has 0 aliphatic heterocycles. The van der Waals surface area contributed by atoms with Crippen molar-refractivity contribution >= 4 is 27.5 Å². The number of aryl methyl sites for hydroxylation is 1. The summed E-state index contributed by atoms with van der Waals surface area (Å²) in [6.45, 7) is 8.91. The van der Waals surface area contributed by atoms with Crippen LogP contribution >= 0.6 is 0 Å². The number of hydrogen-bond acceptors (Lipinski definition) is 5. The third-order valence-electron chi connectivity index (χ3n) is 6.18. The molecule has 2 rings (SSSR count). The molecule has 8 nitrogen and oxygen atoms in total. The van der Waals surface area contributed by atoms with Crippen LogP contribution < -0.4 is 14.4 Å². The van der Waals surface area contributed by atoms with Gasteiger partial charge in [-0.2, -0.15) is 0 Å². The van der Waals surface area contributed by atoms with E-state index in [0.29, 0.717) is 11.4 Å². The van der Waals surface area contributed by atoms with Crippen molar-refractivity contribution in [3.8, 4) is 5.75 Å². The zero-order valence-corrected chi connectivity index (χ0v) is 22.5. The minimum atomic E-state index is -3.77. The molecule has 2 amide bonds. The van der Waals surface area contributed by atoms with Gasteiger partial charge in [0, 0.05) is 12.6 Å². The summed E-state index contributed by atoms with van der Waals surface area (Å²) in [5.41, 5.74) is 2.89. The van der Waals surface area contributed by atoms with Gasteiger partial charge in [0.05, 0.1) is 19.1 Å². The molecule has 2 atom stereocenters. The molecule has 0 heterocycles. The van der Waals surface area contributed by atoms with E-state index in [1.807, 2.05) is 39.8 Å². The predicted octanol–water partition coefficient (Wildman–Crippen LogP) is 3.41. The van der Waals surface area contributed by atoms with E-state index >= 15 is 0 Å².